The molecule has 0 unspecified atom stereocenters. The van der Waals surface area contributed by atoms with Crippen molar-refractivity contribution < 1.29 is 4.79 Å². The second-order valence-electron chi connectivity index (χ2n) is 5.72. The predicted octanol–water partition coefficient (Wildman–Crippen LogP) is 2.09. The maximum absolute atomic E-state index is 11.6. The molecule has 80 valence electrons. The topological polar surface area (TPSA) is 20.3 Å². The average molecular weight is 195 g/mol. The molecule has 0 atom stereocenters. The van der Waals surface area contributed by atoms with Gasteiger partial charge in [0.15, 0.2) is 0 Å². The fraction of sp³-hybridized carbons (Fsp3) is 0.917. The Hall–Kier alpha value is -0.370. The van der Waals surface area contributed by atoms with E-state index < -0.39 is 0 Å². The smallest absolute Gasteiger partial charge is 0.149 e. The quantitative estimate of drug-likeness (QED) is 0.687. The van der Waals surface area contributed by atoms with Gasteiger partial charge in [-0.15, -0.1) is 0 Å². The number of hydrogen-bond acceptors (Lipinski definition) is 2. The Morgan fingerprint density at radius 2 is 2.14 bits per heavy atom. The molecule has 0 radical (unpaired) electrons. The standard InChI is InChI=1S/C12H21NO/c1-12(2)6-3-7-13(9-12)8-11(14)10-4-5-10/h10H,3-9H2,1-2H3. The molecule has 0 N–H and O–H groups in total. The molecule has 2 fully saturated rings. The number of nitrogens with zero attached hydrogens (tertiary/aromatic N) is 1. The molecular weight excluding hydrogens is 174 g/mol. The highest BCUT2D eigenvalue weighted by molar-refractivity contribution is 5.85. The fourth-order valence-electron chi connectivity index (χ4n) is 2.43. The summed E-state index contributed by atoms with van der Waals surface area (Å²) >= 11 is 0. The first kappa shape index (κ1) is 10.2. The Morgan fingerprint density at radius 3 is 2.71 bits per heavy atom. The maximum Gasteiger partial charge on any atom is 0.149 e. The summed E-state index contributed by atoms with van der Waals surface area (Å²) in [5.74, 6) is 0.919. The summed E-state index contributed by atoms with van der Waals surface area (Å²) in [6, 6.07) is 0. The van der Waals surface area contributed by atoms with Crippen LogP contribution in [0, 0.1) is 11.3 Å². The number of hydrogen-bond donors (Lipinski definition) is 0. The number of carbonyl (C=O) groups is 1. The van der Waals surface area contributed by atoms with Gasteiger partial charge in [0.25, 0.3) is 0 Å². The van der Waals surface area contributed by atoms with E-state index in [9.17, 15) is 4.79 Å². The molecule has 2 rings (SSSR count). The van der Waals surface area contributed by atoms with Gasteiger partial charge in [0.1, 0.15) is 5.78 Å². The lowest BCUT2D eigenvalue weighted by atomic mass is 9.84. The van der Waals surface area contributed by atoms with Crippen LogP contribution in [0.2, 0.25) is 0 Å². The number of likely N-dealkylation sites (tertiary alicyclic amines) is 1. The van der Waals surface area contributed by atoms with Crippen molar-refractivity contribution in [3.63, 3.8) is 0 Å². The summed E-state index contributed by atoms with van der Waals surface area (Å²) in [5.41, 5.74) is 0.419. The first-order valence-corrected chi connectivity index (χ1v) is 5.82. The number of piperidine rings is 1. The minimum absolute atomic E-state index is 0.419. The Bertz CT molecular complexity index is 230. The summed E-state index contributed by atoms with van der Waals surface area (Å²) in [6.45, 7) is 7.56. The van der Waals surface area contributed by atoms with E-state index in [0.717, 1.165) is 25.9 Å². The Morgan fingerprint density at radius 1 is 1.43 bits per heavy atom. The molecular formula is C12H21NO. The van der Waals surface area contributed by atoms with E-state index >= 15 is 0 Å². The van der Waals surface area contributed by atoms with Crippen LogP contribution < -0.4 is 0 Å². The van der Waals surface area contributed by atoms with Crippen molar-refractivity contribution in [3.05, 3.63) is 0 Å². The highest BCUT2D eigenvalue weighted by Gasteiger charge is 2.33. The molecule has 0 aromatic rings. The van der Waals surface area contributed by atoms with Gasteiger partial charge in [-0.05, 0) is 37.6 Å². The van der Waals surface area contributed by atoms with Gasteiger partial charge in [0.2, 0.25) is 0 Å². The maximum atomic E-state index is 11.6. The lowest BCUT2D eigenvalue weighted by Gasteiger charge is -2.37. The predicted molar refractivity (Wildman–Crippen MR) is 57.2 cm³/mol. The van der Waals surface area contributed by atoms with Crippen LogP contribution in [-0.2, 0) is 4.79 Å². The molecule has 0 spiro atoms. The zero-order valence-corrected chi connectivity index (χ0v) is 9.38. The van der Waals surface area contributed by atoms with E-state index in [1.54, 1.807) is 0 Å². The highest BCUT2D eigenvalue weighted by atomic mass is 16.1. The van der Waals surface area contributed by atoms with Crippen LogP contribution in [0.25, 0.3) is 0 Å². The third-order valence-corrected chi connectivity index (χ3v) is 3.39. The van der Waals surface area contributed by atoms with Crippen molar-refractivity contribution in [1.82, 2.24) is 4.90 Å². The van der Waals surface area contributed by atoms with Crippen LogP contribution in [0.3, 0.4) is 0 Å². The molecule has 2 nitrogen and oxygen atoms in total. The molecule has 1 aliphatic carbocycles. The SMILES string of the molecule is CC1(C)CCCN(CC(=O)C2CC2)C1. The third-order valence-electron chi connectivity index (χ3n) is 3.39. The molecule has 1 saturated carbocycles. The van der Waals surface area contributed by atoms with Crippen molar-refractivity contribution in [2.75, 3.05) is 19.6 Å². The van der Waals surface area contributed by atoms with Crippen LogP contribution >= 0.6 is 0 Å². The monoisotopic (exact) mass is 195 g/mol. The van der Waals surface area contributed by atoms with Gasteiger partial charge >= 0.3 is 0 Å². The molecule has 1 heterocycles. The number of Topliss-reactive ketones (excluding diaryl/α,β-unsaturated/α-hetero) is 1. The molecule has 14 heavy (non-hydrogen) atoms. The van der Waals surface area contributed by atoms with Crippen molar-refractivity contribution in [2.45, 2.75) is 39.5 Å². The van der Waals surface area contributed by atoms with Crippen molar-refractivity contribution in [3.8, 4) is 0 Å². The molecule has 0 bridgehead atoms. The van der Waals surface area contributed by atoms with Gasteiger partial charge < -0.3 is 0 Å². The van der Waals surface area contributed by atoms with Gasteiger partial charge in [0, 0.05) is 12.5 Å². The Balaban J connectivity index is 1.82. The summed E-state index contributed by atoms with van der Waals surface area (Å²) < 4.78 is 0. The molecule has 0 aromatic heterocycles. The highest BCUT2D eigenvalue weighted by Crippen LogP contribution is 2.32. The van der Waals surface area contributed by atoms with Crippen LogP contribution in [-0.4, -0.2) is 30.3 Å². The van der Waals surface area contributed by atoms with Crippen molar-refractivity contribution in [1.29, 1.82) is 0 Å². The van der Waals surface area contributed by atoms with Crippen molar-refractivity contribution >= 4 is 5.78 Å². The van der Waals surface area contributed by atoms with E-state index in [1.165, 1.54) is 12.8 Å². The lowest BCUT2D eigenvalue weighted by molar-refractivity contribution is -0.122. The van der Waals surface area contributed by atoms with Crippen molar-refractivity contribution in [2.24, 2.45) is 11.3 Å². The van der Waals surface area contributed by atoms with Crippen LogP contribution in [0.5, 0.6) is 0 Å². The first-order valence-electron chi connectivity index (χ1n) is 5.82. The van der Waals surface area contributed by atoms with Gasteiger partial charge in [-0.3, -0.25) is 9.69 Å². The van der Waals surface area contributed by atoms with E-state index in [1.807, 2.05) is 0 Å². The van der Waals surface area contributed by atoms with Gasteiger partial charge in [0.05, 0.1) is 6.54 Å². The van der Waals surface area contributed by atoms with E-state index in [-0.39, 0.29) is 0 Å². The average Bonchev–Trinajstić information content (AvgIpc) is 2.83. The van der Waals surface area contributed by atoms with E-state index in [2.05, 4.69) is 18.7 Å². The fourth-order valence-corrected chi connectivity index (χ4v) is 2.43. The zero-order valence-electron chi connectivity index (χ0n) is 9.38. The first-order chi connectivity index (χ1) is 6.57. The number of ketones is 1. The minimum Gasteiger partial charge on any atom is -0.298 e. The van der Waals surface area contributed by atoms with Crippen LogP contribution in [0.4, 0.5) is 0 Å². The Labute approximate surface area is 86.7 Å². The number of carbonyl (C=O) groups excluding carboxylic acids is 1. The molecule has 0 amide bonds. The zero-order chi connectivity index (χ0) is 10.2. The second kappa shape index (κ2) is 3.65. The van der Waals surface area contributed by atoms with E-state index in [4.69, 9.17) is 0 Å². The van der Waals surface area contributed by atoms with Gasteiger partial charge in [-0.2, -0.15) is 0 Å². The van der Waals surface area contributed by atoms with Gasteiger partial charge in [-0.1, -0.05) is 13.8 Å². The normalized spacial score (nSPS) is 27.6. The summed E-state index contributed by atoms with van der Waals surface area (Å²) in [6.07, 6.45) is 4.86. The minimum atomic E-state index is 0.419. The molecule has 0 aromatic carbocycles. The molecule has 2 aliphatic rings. The number of rotatable bonds is 3. The second-order valence-corrected chi connectivity index (χ2v) is 5.72. The summed E-state index contributed by atoms with van der Waals surface area (Å²) in [4.78, 5) is 14.0. The molecule has 2 heteroatoms. The summed E-state index contributed by atoms with van der Waals surface area (Å²) in [7, 11) is 0. The van der Waals surface area contributed by atoms with Gasteiger partial charge in [-0.25, -0.2) is 0 Å². The third kappa shape index (κ3) is 2.57. The lowest BCUT2D eigenvalue weighted by Crippen LogP contribution is -2.42. The molecule has 1 aliphatic heterocycles. The van der Waals surface area contributed by atoms with Crippen LogP contribution in [0.1, 0.15) is 39.5 Å². The van der Waals surface area contributed by atoms with Crippen LogP contribution in [0.15, 0.2) is 0 Å². The molecule has 1 saturated heterocycles. The Kier molecular flexibility index (Phi) is 2.65. The summed E-state index contributed by atoms with van der Waals surface area (Å²) in [5, 5.41) is 0. The largest absolute Gasteiger partial charge is 0.298 e. The van der Waals surface area contributed by atoms with E-state index in [0.29, 0.717) is 23.7 Å².